The van der Waals surface area contributed by atoms with E-state index in [1.165, 1.54) is 18.0 Å². The molecule has 0 spiro atoms. The van der Waals surface area contributed by atoms with E-state index in [4.69, 9.17) is 23.2 Å². The van der Waals surface area contributed by atoms with Gasteiger partial charge in [-0.05, 0) is 31.2 Å². The first-order valence-corrected chi connectivity index (χ1v) is 9.66. The molecular formula is C18H15Cl2N5OS. The first-order chi connectivity index (χ1) is 13.1. The van der Waals surface area contributed by atoms with E-state index in [9.17, 15) is 4.79 Å². The van der Waals surface area contributed by atoms with Crippen molar-refractivity contribution in [2.75, 3.05) is 5.75 Å². The number of benzene rings is 2. The molecule has 0 aliphatic rings. The Morgan fingerprint density at radius 1 is 1.15 bits per heavy atom. The molecule has 0 fully saturated rings. The van der Waals surface area contributed by atoms with Gasteiger partial charge in [0.2, 0.25) is 0 Å². The van der Waals surface area contributed by atoms with Gasteiger partial charge in [0.25, 0.3) is 5.91 Å². The van der Waals surface area contributed by atoms with E-state index in [0.29, 0.717) is 20.8 Å². The molecule has 0 aliphatic carbocycles. The molecule has 1 aromatic heterocycles. The number of aromatic nitrogens is 3. The summed E-state index contributed by atoms with van der Waals surface area (Å²) in [5.41, 5.74) is 3.95. The number of para-hydroxylation sites is 1. The number of nitrogens with zero attached hydrogens (tertiary/aromatic N) is 4. The van der Waals surface area contributed by atoms with Crippen LogP contribution in [0.15, 0.2) is 58.8 Å². The Balaban J connectivity index is 1.61. The van der Waals surface area contributed by atoms with Crippen molar-refractivity contribution in [3.63, 3.8) is 0 Å². The van der Waals surface area contributed by atoms with Crippen LogP contribution in [0.5, 0.6) is 0 Å². The van der Waals surface area contributed by atoms with Gasteiger partial charge in [-0.2, -0.15) is 5.10 Å². The molecule has 6 nitrogen and oxygen atoms in total. The van der Waals surface area contributed by atoms with Crippen LogP contribution in [0.2, 0.25) is 10.0 Å². The smallest absolute Gasteiger partial charge is 0.250 e. The van der Waals surface area contributed by atoms with Crippen LogP contribution >= 0.6 is 35.0 Å². The first kappa shape index (κ1) is 19.4. The van der Waals surface area contributed by atoms with Gasteiger partial charge < -0.3 is 0 Å². The van der Waals surface area contributed by atoms with Crippen LogP contribution in [0.25, 0.3) is 5.69 Å². The lowest BCUT2D eigenvalue weighted by atomic mass is 10.2. The quantitative estimate of drug-likeness (QED) is 0.370. The van der Waals surface area contributed by atoms with Crippen LogP contribution in [0.3, 0.4) is 0 Å². The molecule has 0 bridgehead atoms. The molecule has 0 saturated carbocycles. The number of thioether (sulfide) groups is 1. The predicted octanol–water partition coefficient (Wildman–Crippen LogP) is 4.12. The fraction of sp³-hybridized carbons (Fsp3) is 0.111. The Morgan fingerprint density at radius 2 is 1.85 bits per heavy atom. The van der Waals surface area contributed by atoms with Crippen molar-refractivity contribution >= 4 is 47.1 Å². The Morgan fingerprint density at radius 3 is 2.56 bits per heavy atom. The van der Waals surface area contributed by atoms with Crippen molar-refractivity contribution in [3.05, 3.63) is 70.0 Å². The number of nitrogens with one attached hydrogen (secondary N) is 1. The number of hydrazone groups is 1. The Kier molecular flexibility index (Phi) is 6.49. The summed E-state index contributed by atoms with van der Waals surface area (Å²) in [4.78, 5) is 12.1. The summed E-state index contributed by atoms with van der Waals surface area (Å²) in [5, 5.41) is 13.7. The lowest BCUT2D eigenvalue weighted by molar-refractivity contribution is -0.118. The maximum atomic E-state index is 12.1. The summed E-state index contributed by atoms with van der Waals surface area (Å²) >= 11 is 13.4. The fourth-order valence-electron chi connectivity index (χ4n) is 2.28. The zero-order valence-corrected chi connectivity index (χ0v) is 16.6. The van der Waals surface area contributed by atoms with Gasteiger partial charge in [-0.3, -0.25) is 9.36 Å². The number of rotatable bonds is 6. The summed E-state index contributed by atoms with van der Waals surface area (Å²) in [7, 11) is 0. The van der Waals surface area contributed by atoms with Crippen molar-refractivity contribution in [1.29, 1.82) is 0 Å². The largest absolute Gasteiger partial charge is 0.274 e. The summed E-state index contributed by atoms with van der Waals surface area (Å²) < 4.78 is 1.89. The summed E-state index contributed by atoms with van der Waals surface area (Å²) in [6.07, 6.45) is 1.42. The van der Waals surface area contributed by atoms with Crippen LogP contribution in [-0.2, 0) is 4.79 Å². The number of halogens is 2. The molecule has 27 heavy (non-hydrogen) atoms. The van der Waals surface area contributed by atoms with Gasteiger partial charge in [0.1, 0.15) is 5.82 Å². The van der Waals surface area contributed by atoms with Gasteiger partial charge in [0, 0.05) is 11.3 Å². The summed E-state index contributed by atoms with van der Waals surface area (Å²) in [5.74, 6) is 0.605. The van der Waals surface area contributed by atoms with Crippen LogP contribution in [0, 0.1) is 6.92 Å². The topological polar surface area (TPSA) is 72.2 Å². The second kappa shape index (κ2) is 9.03. The molecule has 138 valence electrons. The van der Waals surface area contributed by atoms with Gasteiger partial charge in [-0.15, -0.1) is 10.2 Å². The van der Waals surface area contributed by atoms with Crippen molar-refractivity contribution in [1.82, 2.24) is 20.2 Å². The highest BCUT2D eigenvalue weighted by Crippen LogP contribution is 2.23. The lowest BCUT2D eigenvalue weighted by Crippen LogP contribution is -2.20. The second-order valence-electron chi connectivity index (χ2n) is 5.42. The number of amides is 1. The predicted molar refractivity (Wildman–Crippen MR) is 109 cm³/mol. The third kappa shape index (κ3) is 4.88. The number of hydrogen-bond donors (Lipinski definition) is 1. The van der Waals surface area contributed by atoms with Crippen LogP contribution in [0.4, 0.5) is 0 Å². The second-order valence-corrected chi connectivity index (χ2v) is 7.17. The molecule has 3 rings (SSSR count). The summed E-state index contributed by atoms with van der Waals surface area (Å²) in [6.45, 7) is 1.86. The average Bonchev–Trinajstić information content (AvgIpc) is 3.03. The van der Waals surface area contributed by atoms with Crippen molar-refractivity contribution in [2.45, 2.75) is 12.1 Å². The van der Waals surface area contributed by atoms with E-state index in [0.717, 1.165) is 11.5 Å². The normalized spacial score (nSPS) is 11.1. The highest BCUT2D eigenvalue weighted by Gasteiger charge is 2.13. The standard InChI is InChI=1S/C18H15Cl2N5OS/c1-12-22-24-18(25(12)13-6-3-2-4-7-13)27-11-17(26)23-21-10-14-15(19)8-5-9-16(14)20/h2-10H,11H2,1H3,(H,23,26)/b21-10-. The minimum atomic E-state index is -0.278. The van der Waals surface area contributed by atoms with Gasteiger partial charge in [0.05, 0.1) is 22.0 Å². The monoisotopic (exact) mass is 419 g/mol. The zero-order valence-electron chi connectivity index (χ0n) is 14.3. The van der Waals surface area contributed by atoms with E-state index >= 15 is 0 Å². The number of hydrogen-bond acceptors (Lipinski definition) is 5. The maximum absolute atomic E-state index is 12.1. The SMILES string of the molecule is Cc1nnc(SCC(=O)N/N=C\c2c(Cl)cccc2Cl)n1-c1ccccc1. The van der Waals surface area contributed by atoms with Crippen LogP contribution in [-0.4, -0.2) is 32.6 Å². The van der Waals surface area contributed by atoms with Gasteiger partial charge >= 0.3 is 0 Å². The first-order valence-electron chi connectivity index (χ1n) is 7.92. The van der Waals surface area contributed by atoms with Gasteiger partial charge in [0.15, 0.2) is 5.16 Å². The Hall–Kier alpha value is -2.35. The Labute approximate surface area is 170 Å². The minimum absolute atomic E-state index is 0.137. The number of carbonyl (C=O) groups is 1. The third-order valence-corrected chi connectivity index (χ3v) is 5.11. The fourth-order valence-corrected chi connectivity index (χ4v) is 3.56. The zero-order chi connectivity index (χ0) is 19.2. The highest BCUT2D eigenvalue weighted by molar-refractivity contribution is 7.99. The maximum Gasteiger partial charge on any atom is 0.250 e. The number of carbonyl (C=O) groups excluding carboxylic acids is 1. The highest BCUT2D eigenvalue weighted by atomic mass is 35.5. The van der Waals surface area contributed by atoms with Crippen molar-refractivity contribution in [3.8, 4) is 5.69 Å². The minimum Gasteiger partial charge on any atom is -0.274 e. The molecule has 0 atom stereocenters. The van der Waals surface area contributed by atoms with E-state index in [1.54, 1.807) is 18.2 Å². The molecule has 0 unspecified atom stereocenters. The van der Waals surface area contributed by atoms with Gasteiger partial charge in [-0.25, -0.2) is 5.43 Å². The third-order valence-electron chi connectivity index (χ3n) is 3.52. The molecule has 1 N–H and O–H groups in total. The molecule has 2 aromatic carbocycles. The van der Waals surface area contributed by atoms with E-state index < -0.39 is 0 Å². The van der Waals surface area contributed by atoms with E-state index in [-0.39, 0.29) is 11.7 Å². The molecule has 3 aromatic rings. The molecule has 0 saturated heterocycles. The molecule has 1 heterocycles. The molecule has 1 amide bonds. The average molecular weight is 420 g/mol. The van der Waals surface area contributed by atoms with Crippen molar-refractivity contribution < 1.29 is 4.79 Å². The van der Waals surface area contributed by atoms with E-state index in [2.05, 4.69) is 20.7 Å². The Bertz CT molecular complexity index is 955. The molecule has 9 heteroatoms. The molecular weight excluding hydrogens is 405 g/mol. The summed E-state index contributed by atoms with van der Waals surface area (Å²) in [6, 6.07) is 14.9. The van der Waals surface area contributed by atoms with Crippen molar-refractivity contribution in [2.24, 2.45) is 5.10 Å². The van der Waals surface area contributed by atoms with Gasteiger partial charge in [-0.1, -0.05) is 59.2 Å². The molecule has 0 aliphatic heterocycles. The lowest BCUT2D eigenvalue weighted by Gasteiger charge is -2.07. The van der Waals surface area contributed by atoms with E-state index in [1.807, 2.05) is 41.8 Å². The number of aryl methyl sites for hydroxylation is 1. The van der Waals surface area contributed by atoms with Crippen LogP contribution in [0.1, 0.15) is 11.4 Å². The van der Waals surface area contributed by atoms with Crippen LogP contribution < -0.4 is 5.43 Å². The molecule has 0 radical (unpaired) electrons.